The second-order valence-electron chi connectivity index (χ2n) is 10.1. The van der Waals surface area contributed by atoms with Gasteiger partial charge in [0.25, 0.3) is 0 Å². The van der Waals surface area contributed by atoms with Crippen LogP contribution in [0.5, 0.6) is 11.5 Å². The second-order valence-corrected chi connectivity index (χ2v) is 11.9. The molecule has 3 aromatic rings. The first-order chi connectivity index (χ1) is 19.2. The van der Waals surface area contributed by atoms with Crippen LogP contribution in [0.2, 0.25) is 0 Å². The summed E-state index contributed by atoms with van der Waals surface area (Å²) in [5.74, 6) is 1.31. The van der Waals surface area contributed by atoms with E-state index in [0.717, 1.165) is 44.4 Å². The number of benzene rings is 3. The Hall–Kier alpha value is -3.60. The fraction of sp³-hybridized carbons (Fsp3) is 0.367. The summed E-state index contributed by atoms with van der Waals surface area (Å²) < 4.78 is 31.1. The van der Waals surface area contributed by atoms with Crippen molar-refractivity contribution in [2.24, 2.45) is 0 Å². The normalized spacial score (nSPS) is 15.3. The summed E-state index contributed by atoms with van der Waals surface area (Å²) in [6, 6.07) is 24.3. The third kappa shape index (κ3) is 8.70. The number of anilines is 2. The fourth-order valence-corrected chi connectivity index (χ4v) is 5.28. The highest BCUT2D eigenvalue weighted by Gasteiger charge is 2.29. The van der Waals surface area contributed by atoms with Gasteiger partial charge in [-0.05, 0) is 73.4 Å². The minimum absolute atomic E-state index is 0.0761. The van der Waals surface area contributed by atoms with Gasteiger partial charge in [-0.15, -0.1) is 0 Å². The highest BCUT2D eigenvalue weighted by atomic mass is 32.2. The van der Waals surface area contributed by atoms with E-state index in [1.54, 1.807) is 24.3 Å². The number of carbonyl (C=O) groups is 1. The number of aliphatic hydroxyl groups excluding tert-OH is 1. The van der Waals surface area contributed by atoms with Crippen LogP contribution in [-0.4, -0.2) is 62.5 Å². The number of nitrogens with one attached hydrogen (secondary N) is 2. The summed E-state index contributed by atoms with van der Waals surface area (Å²) in [4.78, 5) is 17.4. The van der Waals surface area contributed by atoms with Gasteiger partial charge in [0, 0.05) is 43.6 Å². The van der Waals surface area contributed by atoms with Crippen molar-refractivity contribution in [1.82, 2.24) is 10.2 Å². The molecule has 1 heterocycles. The number of amides is 2. The van der Waals surface area contributed by atoms with Crippen LogP contribution >= 0.6 is 0 Å². The zero-order chi connectivity index (χ0) is 28.5. The lowest BCUT2D eigenvalue weighted by molar-refractivity contribution is 0.165. The number of rotatable bonds is 11. The zero-order valence-corrected chi connectivity index (χ0v) is 23.8. The number of sulfonamides is 1. The maximum absolute atomic E-state index is 13.1. The Kier molecular flexibility index (Phi) is 10.0. The molecule has 0 bridgehead atoms. The van der Waals surface area contributed by atoms with Crippen molar-refractivity contribution < 1.29 is 23.1 Å². The molecule has 1 aliphatic heterocycles. The van der Waals surface area contributed by atoms with Crippen LogP contribution in [0.15, 0.2) is 78.9 Å². The van der Waals surface area contributed by atoms with E-state index in [1.807, 2.05) is 66.4 Å². The van der Waals surface area contributed by atoms with E-state index in [2.05, 4.69) is 14.9 Å². The van der Waals surface area contributed by atoms with E-state index in [1.165, 1.54) is 5.56 Å². The van der Waals surface area contributed by atoms with Gasteiger partial charge >= 0.3 is 6.03 Å². The molecule has 0 saturated carbocycles. The molecule has 0 spiro atoms. The van der Waals surface area contributed by atoms with Gasteiger partial charge in [-0.2, -0.15) is 0 Å². The number of piperidine rings is 1. The van der Waals surface area contributed by atoms with Gasteiger partial charge in [-0.25, -0.2) is 13.2 Å². The topological polar surface area (TPSA) is 111 Å². The van der Waals surface area contributed by atoms with Gasteiger partial charge in [0.05, 0.1) is 12.4 Å². The molecule has 0 aromatic heterocycles. The molecule has 3 N–H and O–H groups in total. The smallest absolute Gasteiger partial charge is 0.322 e. The molecular formula is C30H38N4O5S. The largest absolute Gasteiger partial charge is 0.457 e. The summed E-state index contributed by atoms with van der Waals surface area (Å²) in [7, 11) is -3.32. The minimum Gasteiger partial charge on any atom is -0.457 e. The molecule has 1 saturated heterocycles. The van der Waals surface area contributed by atoms with Crippen molar-refractivity contribution in [1.29, 1.82) is 0 Å². The number of carbonyl (C=O) groups excluding carboxylic acids is 1. The molecule has 1 unspecified atom stereocenters. The van der Waals surface area contributed by atoms with Crippen molar-refractivity contribution in [2.75, 3.05) is 35.5 Å². The Morgan fingerprint density at radius 2 is 1.60 bits per heavy atom. The third-order valence-electron chi connectivity index (χ3n) is 6.86. The summed E-state index contributed by atoms with van der Waals surface area (Å²) >= 11 is 0. The van der Waals surface area contributed by atoms with Gasteiger partial charge in [-0.1, -0.05) is 37.3 Å². The van der Waals surface area contributed by atoms with Crippen LogP contribution in [0, 0.1) is 0 Å². The Morgan fingerprint density at radius 1 is 1.00 bits per heavy atom. The van der Waals surface area contributed by atoms with Crippen LogP contribution in [0.3, 0.4) is 0 Å². The van der Waals surface area contributed by atoms with Crippen LogP contribution in [0.1, 0.15) is 31.7 Å². The maximum atomic E-state index is 13.1. The molecule has 0 radical (unpaired) electrons. The predicted molar refractivity (Wildman–Crippen MR) is 158 cm³/mol. The van der Waals surface area contributed by atoms with Crippen molar-refractivity contribution in [2.45, 2.75) is 44.9 Å². The number of aliphatic hydroxyl groups is 1. The lowest BCUT2D eigenvalue weighted by Crippen LogP contribution is -2.52. The highest BCUT2D eigenvalue weighted by Crippen LogP contribution is 2.26. The maximum Gasteiger partial charge on any atom is 0.322 e. The molecule has 4 rings (SSSR count). The van der Waals surface area contributed by atoms with Gasteiger partial charge < -0.3 is 15.2 Å². The molecule has 1 fully saturated rings. The zero-order valence-electron chi connectivity index (χ0n) is 23.0. The van der Waals surface area contributed by atoms with Crippen molar-refractivity contribution in [3.8, 4) is 11.5 Å². The number of urea groups is 1. The monoisotopic (exact) mass is 566 g/mol. The summed E-state index contributed by atoms with van der Waals surface area (Å²) in [5, 5.41) is 12.8. The van der Waals surface area contributed by atoms with Crippen molar-refractivity contribution in [3.63, 3.8) is 0 Å². The van der Waals surface area contributed by atoms with Crippen LogP contribution in [-0.2, 0) is 16.6 Å². The van der Waals surface area contributed by atoms with Crippen molar-refractivity contribution >= 4 is 27.4 Å². The number of likely N-dealkylation sites (tertiary alicyclic amines) is 1. The summed E-state index contributed by atoms with van der Waals surface area (Å²) in [6.07, 6.45) is 2.86. The minimum atomic E-state index is -3.32. The van der Waals surface area contributed by atoms with E-state index in [9.17, 15) is 18.3 Å². The molecule has 40 heavy (non-hydrogen) atoms. The SMILES string of the molecule is CCC(O)CNC(=O)N(c1ccccc1)C1CCN(Cc2ccc(Oc3ccc(NS(C)(=O)=O)cc3)cc2)CC1. The highest BCUT2D eigenvalue weighted by molar-refractivity contribution is 7.92. The van der Waals surface area contributed by atoms with E-state index in [0.29, 0.717) is 23.6 Å². The molecular weight excluding hydrogens is 528 g/mol. The van der Waals surface area contributed by atoms with Gasteiger partial charge in [0.2, 0.25) is 10.0 Å². The van der Waals surface area contributed by atoms with Gasteiger partial charge in [-0.3, -0.25) is 14.5 Å². The Bertz CT molecular complexity index is 1330. The predicted octanol–water partition coefficient (Wildman–Crippen LogP) is 4.80. The van der Waals surface area contributed by atoms with E-state index in [-0.39, 0.29) is 18.6 Å². The van der Waals surface area contributed by atoms with Gasteiger partial charge in [0.1, 0.15) is 11.5 Å². The average molecular weight is 567 g/mol. The third-order valence-corrected chi connectivity index (χ3v) is 7.46. The first-order valence-corrected chi connectivity index (χ1v) is 15.5. The molecule has 10 heteroatoms. The number of hydrogen-bond donors (Lipinski definition) is 3. The first-order valence-electron chi connectivity index (χ1n) is 13.6. The molecule has 0 aliphatic carbocycles. The van der Waals surface area contributed by atoms with E-state index in [4.69, 9.17) is 4.74 Å². The van der Waals surface area contributed by atoms with Crippen molar-refractivity contribution in [3.05, 3.63) is 84.4 Å². The van der Waals surface area contributed by atoms with E-state index < -0.39 is 16.1 Å². The quantitative estimate of drug-likeness (QED) is 0.308. The summed E-state index contributed by atoms with van der Waals surface area (Å²) in [6.45, 7) is 4.67. The number of para-hydroxylation sites is 1. The average Bonchev–Trinajstić information content (AvgIpc) is 2.95. The van der Waals surface area contributed by atoms with Crippen LogP contribution in [0.4, 0.5) is 16.2 Å². The number of hydrogen-bond acceptors (Lipinski definition) is 6. The van der Waals surface area contributed by atoms with Crippen LogP contribution < -0.4 is 19.7 Å². The molecule has 1 aliphatic rings. The second kappa shape index (κ2) is 13.6. The number of ether oxygens (including phenoxy) is 1. The Balaban J connectivity index is 1.30. The number of nitrogens with zero attached hydrogens (tertiary/aromatic N) is 2. The lowest BCUT2D eigenvalue weighted by atomic mass is 10.0. The van der Waals surface area contributed by atoms with E-state index >= 15 is 0 Å². The molecule has 1 atom stereocenters. The Morgan fingerprint density at radius 3 is 2.17 bits per heavy atom. The standard InChI is InChI=1S/C30H38N4O5S/c1-3-27(35)21-31-30(36)34(25-7-5-4-6-8-25)26-17-19-33(20-18-26)22-23-9-13-28(14-10-23)39-29-15-11-24(12-16-29)32-40(2,37)38/h4-16,26-27,32,35H,3,17-22H2,1-2H3,(H,31,36). The molecule has 214 valence electrons. The molecule has 2 amide bonds. The first kappa shape index (κ1) is 29.4. The Labute approximate surface area is 236 Å². The molecule has 3 aromatic carbocycles. The van der Waals surface area contributed by atoms with Gasteiger partial charge in [0.15, 0.2) is 0 Å². The summed E-state index contributed by atoms with van der Waals surface area (Å²) in [5.41, 5.74) is 2.52. The molecule has 9 nitrogen and oxygen atoms in total. The van der Waals surface area contributed by atoms with Crippen LogP contribution in [0.25, 0.3) is 0 Å². The fourth-order valence-electron chi connectivity index (χ4n) is 4.72. The lowest BCUT2D eigenvalue weighted by Gasteiger charge is -2.38.